The van der Waals surface area contributed by atoms with E-state index in [0.29, 0.717) is 0 Å². The number of morpholine rings is 1. The fourth-order valence-corrected chi connectivity index (χ4v) is 2.28. The van der Waals surface area contributed by atoms with Gasteiger partial charge in [-0.15, -0.1) is 0 Å². The summed E-state index contributed by atoms with van der Waals surface area (Å²) in [6.07, 6.45) is 3.71. The first-order valence-corrected chi connectivity index (χ1v) is 7.14. The number of nitrogens with one attached hydrogen (secondary N) is 1. The quantitative estimate of drug-likeness (QED) is 0.882. The lowest BCUT2D eigenvalue weighted by Gasteiger charge is -2.26. The van der Waals surface area contributed by atoms with Crippen LogP contribution in [-0.4, -0.2) is 42.9 Å². The highest BCUT2D eigenvalue weighted by atomic mass is 16.5. The fourth-order valence-electron chi connectivity index (χ4n) is 2.28. The van der Waals surface area contributed by atoms with E-state index >= 15 is 0 Å². The smallest absolute Gasteiger partial charge is 0.134 e. The summed E-state index contributed by atoms with van der Waals surface area (Å²) in [7, 11) is 0. The van der Waals surface area contributed by atoms with E-state index in [1.807, 2.05) is 13.0 Å². The van der Waals surface area contributed by atoms with Gasteiger partial charge < -0.3 is 10.1 Å². The maximum atomic E-state index is 5.35. The van der Waals surface area contributed by atoms with E-state index in [1.165, 1.54) is 0 Å². The number of hydrogen-bond acceptors (Lipinski definition) is 4. The Balaban J connectivity index is 2.23. The van der Waals surface area contributed by atoms with Crippen LogP contribution in [0.3, 0.4) is 0 Å². The third kappa shape index (κ3) is 4.03. The number of pyridine rings is 1. The van der Waals surface area contributed by atoms with E-state index in [9.17, 15) is 0 Å². The molecular weight excluding hydrogens is 262 g/mol. The monoisotopic (exact) mass is 285 g/mol. The van der Waals surface area contributed by atoms with Crippen LogP contribution in [0.4, 0.5) is 5.82 Å². The van der Waals surface area contributed by atoms with Gasteiger partial charge in [0.1, 0.15) is 5.82 Å². The molecule has 0 amide bonds. The minimum absolute atomic E-state index is 0.744. The Kier molecular flexibility index (Phi) is 5.31. The van der Waals surface area contributed by atoms with Gasteiger partial charge in [0.2, 0.25) is 0 Å². The SMILES string of the molecule is C=C/C=c1/cc(C(=C)C)c(=C)nc1NCN1CCOCC1. The van der Waals surface area contributed by atoms with Crippen molar-refractivity contribution in [1.82, 2.24) is 9.88 Å². The van der Waals surface area contributed by atoms with E-state index in [-0.39, 0.29) is 0 Å². The van der Waals surface area contributed by atoms with Crippen LogP contribution in [0.1, 0.15) is 12.5 Å². The van der Waals surface area contributed by atoms with Crippen molar-refractivity contribution >= 4 is 24.0 Å². The zero-order valence-electron chi connectivity index (χ0n) is 12.7. The second kappa shape index (κ2) is 7.20. The van der Waals surface area contributed by atoms with Crippen molar-refractivity contribution in [1.29, 1.82) is 0 Å². The summed E-state index contributed by atoms with van der Waals surface area (Å²) in [6.45, 7) is 17.9. The highest BCUT2D eigenvalue weighted by molar-refractivity contribution is 5.63. The third-order valence-electron chi connectivity index (χ3n) is 3.46. The highest BCUT2D eigenvalue weighted by Gasteiger charge is 2.10. The summed E-state index contributed by atoms with van der Waals surface area (Å²) in [4.78, 5) is 6.88. The Morgan fingerprint density at radius 2 is 2.19 bits per heavy atom. The Labute approximate surface area is 126 Å². The lowest BCUT2D eigenvalue weighted by atomic mass is 10.1. The maximum absolute atomic E-state index is 5.35. The average Bonchev–Trinajstić information content (AvgIpc) is 2.48. The van der Waals surface area contributed by atoms with Gasteiger partial charge in [-0.3, -0.25) is 4.90 Å². The van der Waals surface area contributed by atoms with Crippen LogP contribution >= 0.6 is 0 Å². The summed E-state index contributed by atoms with van der Waals surface area (Å²) in [5.74, 6) is 0.830. The van der Waals surface area contributed by atoms with E-state index in [2.05, 4.69) is 41.0 Å². The molecule has 1 aliphatic rings. The second-order valence-electron chi connectivity index (χ2n) is 5.17. The minimum Gasteiger partial charge on any atom is -0.379 e. The molecule has 0 saturated carbocycles. The molecule has 1 aromatic rings. The van der Waals surface area contributed by atoms with Crippen molar-refractivity contribution in [2.75, 3.05) is 38.3 Å². The number of nitrogens with zero attached hydrogens (tertiary/aromatic N) is 2. The van der Waals surface area contributed by atoms with E-state index < -0.39 is 0 Å². The molecule has 1 fully saturated rings. The average molecular weight is 285 g/mol. The van der Waals surface area contributed by atoms with Gasteiger partial charge in [-0.05, 0) is 18.6 Å². The number of ether oxygens (including phenoxy) is 1. The molecule has 0 aliphatic carbocycles. The molecule has 1 aromatic heterocycles. The zero-order valence-corrected chi connectivity index (χ0v) is 12.7. The molecule has 1 aliphatic heterocycles. The fraction of sp³-hybridized carbons (Fsp3) is 0.353. The van der Waals surface area contributed by atoms with Gasteiger partial charge in [-0.1, -0.05) is 31.9 Å². The minimum atomic E-state index is 0.744. The molecule has 0 radical (unpaired) electrons. The first-order valence-electron chi connectivity index (χ1n) is 7.14. The van der Waals surface area contributed by atoms with Crippen LogP contribution in [0.25, 0.3) is 18.2 Å². The molecule has 0 bridgehead atoms. The lowest BCUT2D eigenvalue weighted by molar-refractivity contribution is 0.0414. The van der Waals surface area contributed by atoms with Crippen molar-refractivity contribution in [3.63, 3.8) is 0 Å². The van der Waals surface area contributed by atoms with Crippen LogP contribution in [0.2, 0.25) is 0 Å². The van der Waals surface area contributed by atoms with Gasteiger partial charge in [-0.25, -0.2) is 4.98 Å². The number of anilines is 1. The van der Waals surface area contributed by atoms with Crippen LogP contribution in [0.5, 0.6) is 0 Å². The van der Waals surface area contributed by atoms with Crippen LogP contribution in [0.15, 0.2) is 25.3 Å². The molecule has 2 heterocycles. The topological polar surface area (TPSA) is 37.4 Å². The lowest BCUT2D eigenvalue weighted by Crippen LogP contribution is -2.40. The summed E-state index contributed by atoms with van der Waals surface area (Å²) in [6, 6.07) is 2.06. The summed E-state index contributed by atoms with van der Waals surface area (Å²) in [5.41, 5.74) is 1.95. The van der Waals surface area contributed by atoms with E-state index in [0.717, 1.165) is 60.5 Å². The second-order valence-corrected chi connectivity index (χ2v) is 5.17. The highest BCUT2D eigenvalue weighted by Crippen LogP contribution is 2.05. The standard InChI is InChI=1S/C17H23N3O/c1-5-6-15-11-16(13(2)3)14(4)19-17(15)18-12-20-7-9-21-10-8-20/h5-6,11H,1-2,4,7-10,12H2,3H3,(H,18,19)/b15-6-. The molecule has 4 heteroatoms. The van der Waals surface area contributed by atoms with Gasteiger partial charge >= 0.3 is 0 Å². The molecule has 21 heavy (non-hydrogen) atoms. The molecule has 4 nitrogen and oxygen atoms in total. The first-order chi connectivity index (χ1) is 10.1. The van der Waals surface area contributed by atoms with Crippen molar-refractivity contribution in [2.45, 2.75) is 6.92 Å². The van der Waals surface area contributed by atoms with E-state index in [4.69, 9.17) is 4.74 Å². The molecule has 0 spiro atoms. The van der Waals surface area contributed by atoms with Gasteiger partial charge in [0.15, 0.2) is 0 Å². The molecule has 0 unspecified atom stereocenters. The van der Waals surface area contributed by atoms with Crippen molar-refractivity contribution in [3.05, 3.63) is 41.4 Å². The summed E-state index contributed by atoms with van der Waals surface area (Å²) in [5, 5.41) is 5.13. The molecule has 112 valence electrons. The van der Waals surface area contributed by atoms with E-state index in [1.54, 1.807) is 6.08 Å². The molecule has 2 rings (SSSR count). The molecular formula is C17H23N3O. The van der Waals surface area contributed by atoms with Crippen molar-refractivity contribution < 1.29 is 4.74 Å². The predicted octanol–water partition coefficient (Wildman–Crippen LogP) is 1.19. The van der Waals surface area contributed by atoms with Crippen molar-refractivity contribution in [3.8, 4) is 0 Å². The number of aromatic nitrogens is 1. The van der Waals surface area contributed by atoms with Gasteiger partial charge in [0.25, 0.3) is 0 Å². The normalized spacial score (nSPS) is 16.7. The third-order valence-corrected chi connectivity index (χ3v) is 3.46. The largest absolute Gasteiger partial charge is 0.379 e. The van der Waals surface area contributed by atoms with Crippen molar-refractivity contribution in [2.24, 2.45) is 0 Å². The molecule has 0 atom stereocenters. The molecule has 1 N–H and O–H groups in total. The van der Waals surface area contributed by atoms with Crippen LogP contribution < -0.4 is 15.9 Å². The Morgan fingerprint density at radius 1 is 1.48 bits per heavy atom. The van der Waals surface area contributed by atoms with Gasteiger partial charge in [0, 0.05) is 23.9 Å². The molecule has 1 saturated heterocycles. The Bertz CT molecular complexity index is 630. The van der Waals surface area contributed by atoms with Gasteiger partial charge in [0.05, 0.1) is 25.2 Å². The Morgan fingerprint density at radius 3 is 2.81 bits per heavy atom. The number of rotatable bonds is 5. The van der Waals surface area contributed by atoms with Crippen LogP contribution in [0, 0.1) is 0 Å². The number of allylic oxidation sites excluding steroid dienone is 2. The zero-order chi connectivity index (χ0) is 15.2. The summed E-state index contributed by atoms with van der Waals surface area (Å²) < 4.78 is 5.35. The summed E-state index contributed by atoms with van der Waals surface area (Å²) >= 11 is 0. The maximum Gasteiger partial charge on any atom is 0.134 e. The van der Waals surface area contributed by atoms with Crippen LogP contribution in [-0.2, 0) is 4.74 Å². The van der Waals surface area contributed by atoms with Gasteiger partial charge in [-0.2, -0.15) is 0 Å². The molecule has 0 aromatic carbocycles. The predicted molar refractivity (Wildman–Crippen MR) is 89.3 cm³/mol. The Hall–Kier alpha value is -1.91. The number of hydrogen-bond donors (Lipinski definition) is 1. The first kappa shape index (κ1) is 15.5.